The van der Waals surface area contributed by atoms with Crippen molar-refractivity contribution in [1.82, 2.24) is 0 Å². The first-order chi connectivity index (χ1) is 16.8. The normalized spacial score (nSPS) is 15.5. The van der Waals surface area contributed by atoms with Crippen LogP contribution in [0, 0.1) is 5.41 Å². The number of benzene rings is 2. The lowest BCUT2D eigenvalue weighted by molar-refractivity contribution is -0.134. The van der Waals surface area contributed by atoms with Crippen LogP contribution in [0.15, 0.2) is 62.8 Å². The molecule has 0 unspecified atom stereocenters. The highest BCUT2D eigenvalue weighted by molar-refractivity contribution is 9.10. The van der Waals surface area contributed by atoms with Gasteiger partial charge in [0.2, 0.25) is 5.83 Å². The van der Waals surface area contributed by atoms with E-state index in [1.807, 2.05) is 24.1 Å². The minimum atomic E-state index is -1.64. The molecule has 1 aliphatic rings. The fourth-order valence-electron chi connectivity index (χ4n) is 4.35. The largest absolute Gasteiger partial charge is 0.476 e. The Morgan fingerprint density at radius 2 is 1.89 bits per heavy atom. The summed E-state index contributed by atoms with van der Waals surface area (Å²) in [5, 5.41) is 8.85. The molecule has 35 heavy (non-hydrogen) atoms. The Balaban J connectivity index is 2.10. The highest BCUT2D eigenvalue weighted by atomic mass is 79.9. The Kier molecular flexibility index (Phi) is 10.4. The molecule has 1 aliphatic heterocycles. The molecule has 2 aromatic rings. The van der Waals surface area contributed by atoms with Gasteiger partial charge in [-0.3, -0.25) is 0 Å². The summed E-state index contributed by atoms with van der Waals surface area (Å²) < 4.78 is 20.2. The molecule has 0 bridgehead atoms. The van der Waals surface area contributed by atoms with Gasteiger partial charge in [-0.2, -0.15) is 4.39 Å². The Labute approximate surface area is 224 Å². The SMILES string of the molecule is CCCCC1(CCCC)CSc2cc(O/C=C(\F)C(=O)O)c(SC)cc2N(c2ccc(Br)cc2)C1. The lowest BCUT2D eigenvalue weighted by atomic mass is 9.79. The minimum Gasteiger partial charge on any atom is -0.476 e. The quantitative estimate of drug-likeness (QED) is 0.162. The Morgan fingerprint density at radius 1 is 1.23 bits per heavy atom. The van der Waals surface area contributed by atoms with Gasteiger partial charge in [-0.1, -0.05) is 55.5 Å². The zero-order valence-electron chi connectivity index (χ0n) is 20.5. The van der Waals surface area contributed by atoms with Crippen LogP contribution in [0.5, 0.6) is 5.75 Å². The van der Waals surface area contributed by atoms with E-state index < -0.39 is 11.8 Å². The summed E-state index contributed by atoms with van der Waals surface area (Å²) in [5.41, 5.74) is 2.40. The van der Waals surface area contributed by atoms with Crippen molar-refractivity contribution in [2.45, 2.75) is 62.2 Å². The average Bonchev–Trinajstić information content (AvgIpc) is 3.01. The van der Waals surface area contributed by atoms with E-state index in [1.165, 1.54) is 50.3 Å². The molecule has 0 amide bonds. The molecule has 0 saturated carbocycles. The Bertz CT molecular complexity index is 1040. The van der Waals surface area contributed by atoms with Crippen LogP contribution in [0.25, 0.3) is 0 Å². The van der Waals surface area contributed by atoms with Crippen molar-refractivity contribution in [1.29, 1.82) is 0 Å². The van der Waals surface area contributed by atoms with Gasteiger partial charge in [-0.05, 0) is 60.9 Å². The number of aliphatic carboxylic acids is 1. The number of thioether (sulfide) groups is 2. The van der Waals surface area contributed by atoms with Crippen LogP contribution in [0.4, 0.5) is 15.8 Å². The topological polar surface area (TPSA) is 49.8 Å². The molecule has 0 aromatic heterocycles. The third kappa shape index (κ3) is 7.20. The first kappa shape index (κ1) is 27.9. The van der Waals surface area contributed by atoms with Crippen LogP contribution in [0.3, 0.4) is 0 Å². The molecule has 1 N–H and O–H groups in total. The maximum Gasteiger partial charge on any atom is 0.368 e. The molecule has 3 rings (SSSR count). The second kappa shape index (κ2) is 13.1. The number of unbranched alkanes of at least 4 members (excludes halogenated alkanes) is 2. The lowest BCUT2D eigenvalue weighted by Crippen LogP contribution is -2.36. The number of hydrogen-bond donors (Lipinski definition) is 1. The molecule has 0 saturated heterocycles. The molecule has 2 aromatic carbocycles. The second-order valence-electron chi connectivity index (χ2n) is 8.92. The van der Waals surface area contributed by atoms with Crippen molar-refractivity contribution in [2.24, 2.45) is 5.41 Å². The number of fused-ring (bicyclic) bond motifs is 1. The van der Waals surface area contributed by atoms with Crippen LogP contribution in [-0.4, -0.2) is 29.6 Å². The van der Waals surface area contributed by atoms with E-state index in [9.17, 15) is 9.18 Å². The van der Waals surface area contributed by atoms with E-state index in [2.05, 4.69) is 65.0 Å². The summed E-state index contributed by atoms with van der Waals surface area (Å²) in [5.74, 6) is -1.51. The van der Waals surface area contributed by atoms with Gasteiger partial charge in [-0.25, -0.2) is 4.79 Å². The first-order valence-corrected chi connectivity index (χ1v) is 15.0. The summed E-state index contributed by atoms with van der Waals surface area (Å²) >= 11 is 6.88. The zero-order valence-corrected chi connectivity index (χ0v) is 23.7. The van der Waals surface area contributed by atoms with Gasteiger partial charge in [0.15, 0.2) is 0 Å². The lowest BCUT2D eigenvalue weighted by Gasteiger charge is -2.37. The van der Waals surface area contributed by atoms with Crippen molar-refractivity contribution in [3.8, 4) is 5.75 Å². The third-order valence-corrected chi connectivity index (χ3v) is 9.00. The molecular weight excluding hydrogens is 549 g/mol. The number of carboxylic acids is 1. The first-order valence-electron chi connectivity index (χ1n) is 12.0. The number of nitrogens with zero attached hydrogens (tertiary/aromatic N) is 1. The molecule has 190 valence electrons. The van der Waals surface area contributed by atoms with Crippen LogP contribution >= 0.6 is 39.5 Å². The van der Waals surface area contributed by atoms with E-state index in [0.29, 0.717) is 12.0 Å². The summed E-state index contributed by atoms with van der Waals surface area (Å²) in [6.45, 7) is 5.42. The van der Waals surface area contributed by atoms with Gasteiger partial charge in [0.05, 0.1) is 10.6 Å². The van der Waals surface area contributed by atoms with Crippen molar-refractivity contribution in [3.05, 3.63) is 53.0 Å². The number of rotatable bonds is 11. The van der Waals surface area contributed by atoms with E-state index >= 15 is 0 Å². The van der Waals surface area contributed by atoms with Crippen LogP contribution in [-0.2, 0) is 4.79 Å². The average molecular weight is 583 g/mol. The third-order valence-electron chi connectivity index (χ3n) is 6.32. The number of anilines is 2. The maximum absolute atomic E-state index is 13.6. The molecule has 4 nitrogen and oxygen atoms in total. The van der Waals surface area contributed by atoms with Gasteiger partial charge in [0, 0.05) is 27.4 Å². The summed E-state index contributed by atoms with van der Waals surface area (Å²) in [6, 6.07) is 12.4. The highest BCUT2D eigenvalue weighted by Gasteiger charge is 2.36. The summed E-state index contributed by atoms with van der Waals surface area (Å²) in [4.78, 5) is 15.2. The van der Waals surface area contributed by atoms with Gasteiger partial charge >= 0.3 is 5.97 Å². The van der Waals surface area contributed by atoms with Crippen molar-refractivity contribution in [3.63, 3.8) is 0 Å². The monoisotopic (exact) mass is 581 g/mol. The van der Waals surface area contributed by atoms with Gasteiger partial charge < -0.3 is 14.7 Å². The molecule has 0 fully saturated rings. The number of carbonyl (C=O) groups is 1. The fourth-order valence-corrected chi connectivity index (χ4v) is 6.50. The molecule has 0 spiro atoms. The number of halogens is 2. The van der Waals surface area contributed by atoms with E-state index in [1.54, 1.807) is 0 Å². The molecular formula is C27H33BrFNO3S2. The standard InChI is InChI=1S/C27H33BrFNO3S2/c1-4-6-12-27(13-7-5-2)17-30(20-10-8-19(28)9-11-20)22-14-25(34-3)23(15-24(22)35-18-27)33-16-21(29)26(31)32/h8-11,14-16H,4-7,12-13,17-18H2,1-3H3,(H,31,32)/b21-16-. The predicted octanol–water partition coefficient (Wildman–Crippen LogP) is 9.06. The molecule has 0 aliphatic carbocycles. The Hall–Kier alpha value is -1.64. The number of hydrogen-bond acceptors (Lipinski definition) is 5. The van der Waals surface area contributed by atoms with Crippen LogP contribution in [0.2, 0.25) is 0 Å². The van der Waals surface area contributed by atoms with Crippen molar-refractivity contribution >= 4 is 56.8 Å². The van der Waals surface area contributed by atoms with Crippen molar-refractivity contribution in [2.75, 3.05) is 23.5 Å². The predicted molar refractivity (Wildman–Crippen MR) is 149 cm³/mol. The van der Waals surface area contributed by atoms with E-state index in [-0.39, 0.29) is 5.41 Å². The molecule has 1 heterocycles. The van der Waals surface area contributed by atoms with Crippen molar-refractivity contribution < 1.29 is 19.0 Å². The van der Waals surface area contributed by atoms with Gasteiger partial charge in [-0.15, -0.1) is 23.5 Å². The molecule has 0 atom stereocenters. The summed E-state index contributed by atoms with van der Waals surface area (Å²) in [7, 11) is 0. The van der Waals surface area contributed by atoms with E-state index in [4.69, 9.17) is 9.84 Å². The maximum atomic E-state index is 13.6. The molecule has 0 radical (unpaired) electrons. The fraction of sp³-hybridized carbons (Fsp3) is 0.444. The van der Waals surface area contributed by atoms with Crippen LogP contribution < -0.4 is 9.64 Å². The summed E-state index contributed by atoms with van der Waals surface area (Å²) in [6.07, 6.45) is 9.67. The molecule has 8 heteroatoms. The van der Waals surface area contributed by atoms with Gasteiger partial charge in [0.1, 0.15) is 12.0 Å². The zero-order chi connectivity index (χ0) is 25.4. The highest BCUT2D eigenvalue weighted by Crippen LogP contribution is 2.50. The minimum absolute atomic E-state index is 0.165. The smallest absolute Gasteiger partial charge is 0.368 e. The number of ether oxygens (including phenoxy) is 1. The second-order valence-corrected chi connectivity index (χ2v) is 11.7. The van der Waals surface area contributed by atoms with Crippen LogP contribution in [0.1, 0.15) is 52.4 Å². The Morgan fingerprint density at radius 3 is 2.46 bits per heavy atom. The van der Waals surface area contributed by atoms with E-state index in [0.717, 1.165) is 37.9 Å². The van der Waals surface area contributed by atoms with Gasteiger partial charge in [0.25, 0.3) is 0 Å². The number of carboxylic acid groups (broad SMARTS) is 1.